The minimum Gasteiger partial charge on any atom is -0.474 e. The lowest BCUT2D eigenvalue weighted by Crippen LogP contribution is -2.45. The standard InChI is InChI=1S/C24H34N4O4S/c1-5-28(23(30)32-24(2,3)4)15-7-9-16(10-8-15)31-21-20-19-14(12-18(25)29)6-11-17(19)33-22(20)27-13-26-21/h13-16H,5-12H2,1-4H3,(H2,25,29)/t14-,15-,16-/m1/s1. The summed E-state index contributed by atoms with van der Waals surface area (Å²) in [6.07, 6.45) is 6.95. The van der Waals surface area contributed by atoms with Crippen molar-refractivity contribution in [1.29, 1.82) is 0 Å². The van der Waals surface area contributed by atoms with Gasteiger partial charge in [-0.25, -0.2) is 14.8 Å². The van der Waals surface area contributed by atoms with Crippen LogP contribution in [0.5, 0.6) is 5.88 Å². The zero-order valence-electron chi connectivity index (χ0n) is 19.9. The van der Waals surface area contributed by atoms with E-state index in [0.717, 1.165) is 54.3 Å². The van der Waals surface area contributed by atoms with Crippen molar-refractivity contribution in [2.75, 3.05) is 6.54 Å². The highest BCUT2D eigenvalue weighted by Gasteiger charge is 2.34. The number of aromatic nitrogens is 2. The molecule has 0 spiro atoms. The molecule has 4 rings (SSSR count). The molecule has 8 nitrogen and oxygen atoms in total. The highest BCUT2D eigenvalue weighted by Crippen LogP contribution is 2.47. The summed E-state index contributed by atoms with van der Waals surface area (Å²) in [5.74, 6) is 0.439. The van der Waals surface area contributed by atoms with Gasteiger partial charge >= 0.3 is 6.09 Å². The van der Waals surface area contributed by atoms with Crippen LogP contribution in [-0.2, 0) is 16.0 Å². The predicted molar refractivity (Wildman–Crippen MR) is 128 cm³/mol. The van der Waals surface area contributed by atoms with Crippen molar-refractivity contribution < 1.29 is 19.1 Å². The van der Waals surface area contributed by atoms with Gasteiger partial charge in [-0.05, 0) is 77.7 Å². The minimum atomic E-state index is -0.504. The van der Waals surface area contributed by atoms with E-state index in [0.29, 0.717) is 18.8 Å². The second-order valence-corrected chi connectivity index (χ2v) is 11.1. The molecule has 1 saturated carbocycles. The number of hydrogen-bond acceptors (Lipinski definition) is 7. The monoisotopic (exact) mass is 474 g/mol. The van der Waals surface area contributed by atoms with Gasteiger partial charge < -0.3 is 20.1 Å². The van der Waals surface area contributed by atoms with Crippen molar-refractivity contribution in [3.63, 3.8) is 0 Å². The molecule has 180 valence electrons. The van der Waals surface area contributed by atoms with E-state index in [1.165, 1.54) is 4.88 Å². The number of nitrogens with zero attached hydrogens (tertiary/aromatic N) is 3. The van der Waals surface area contributed by atoms with Crippen LogP contribution in [-0.4, -0.2) is 51.2 Å². The predicted octanol–water partition coefficient (Wildman–Crippen LogP) is 4.54. The van der Waals surface area contributed by atoms with Crippen molar-refractivity contribution in [2.24, 2.45) is 5.73 Å². The van der Waals surface area contributed by atoms with Crippen LogP contribution in [0, 0.1) is 0 Å². The number of rotatable bonds is 6. The number of primary amides is 1. The van der Waals surface area contributed by atoms with Gasteiger partial charge in [0.1, 0.15) is 22.9 Å². The van der Waals surface area contributed by atoms with Gasteiger partial charge in [-0.2, -0.15) is 0 Å². The van der Waals surface area contributed by atoms with Gasteiger partial charge in [-0.15, -0.1) is 11.3 Å². The molecule has 0 unspecified atom stereocenters. The van der Waals surface area contributed by atoms with E-state index in [1.807, 2.05) is 32.6 Å². The first-order valence-electron chi connectivity index (χ1n) is 11.9. The summed E-state index contributed by atoms with van der Waals surface area (Å²) < 4.78 is 12.0. The maximum atomic E-state index is 12.6. The van der Waals surface area contributed by atoms with Crippen LogP contribution in [0.4, 0.5) is 4.79 Å². The van der Waals surface area contributed by atoms with Crippen LogP contribution in [0.1, 0.15) is 82.6 Å². The molecule has 0 saturated heterocycles. The Kier molecular flexibility index (Phi) is 6.79. The Balaban J connectivity index is 1.45. The minimum absolute atomic E-state index is 0.0308. The number of carbonyl (C=O) groups is 2. The molecule has 0 aromatic carbocycles. The highest BCUT2D eigenvalue weighted by molar-refractivity contribution is 7.19. The molecule has 2 heterocycles. The summed E-state index contributed by atoms with van der Waals surface area (Å²) in [6, 6.07) is 0.153. The summed E-state index contributed by atoms with van der Waals surface area (Å²) in [4.78, 5) is 37.2. The van der Waals surface area contributed by atoms with Crippen molar-refractivity contribution in [2.45, 2.75) is 96.3 Å². The maximum absolute atomic E-state index is 12.6. The van der Waals surface area contributed by atoms with E-state index in [1.54, 1.807) is 17.7 Å². The quantitative estimate of drug-likeness (QED) is 0.658. The molecular formula is C24H34N4O4S. The molecule has 1 atom stereocenters. The molecule has 0 radical (unpaired) electrons. The van der Waals surface area contributed by atoms with Gasteiger partial charge in [-0.3, -0.25) is 4.79 Å². The lowest BCUT2D eigenvalue weighted by atomic mass is 9.92. The molecule has 9 heteroatoms. The van der Waals surface area contributed by atoms with Gasteiger partial charge in [0.15, 0.2) is 0 Å². The smallest absolute Gasteiger partial charge is 0.410 e. The maximum Gasteiger partial charge on any atom is 0.410 e. The molecule has 2 aromatic heterocycles. The zero-order chi connectivity index (χ0) is 23.8. The van der Waals surface area contributed by atoms with E-state index in [-0.39, 0.29) is 30.1 Å². The molecule has 2 aliphatic carbocycles. The summed E-state index contributed by atoms with van der Waals surface area (Å²) in [6.45, 7) is 8.28. The van der Waals surface area contributed by atoms with Gasteiger partial charge in [-0.1, -0.05) is 0 Å². The molecule has 33 heavy (non-hydrogen) atoms. The molecule has 2 aliphatic rings. The number of ether oxygens (including phenoxy) is 2. The number of nitrogens with two attached hydrogens (primary N) is 1. The first-order chi connectivity index (χ1) is 15.7. The van der Waals surface area contributed by atoms with Crippen molar-refractivity contribution >= 4 is 33.6 Å². The summed E-state index contributed by atoms with van der Waals surface area (Å²) >= 11 is 1.67. The number of fused-ring (bicyclic) bond motifs is 3. The van der Waals surface area contributed by atoms with Crippen molar-refractivity contribution in [3.05, 3.63) is 16.8 Å². The third kappa shape index (κ3) is 5.23. The Morgan fingerprint density at radius 3 is 2.55 bits per heavy atom. The average Bonchev–Trinajstić information content (AvgIpc) is 3.28. The third-order valence-corrected chi connectivity index (χ3v) is 7.65. The molecule has 2 amide bonds. The normalized spacial score (nSPS) is 22.7. The van der Waals surface area contributed by atoms with E-state index in [2.05, 4.69) is 9.97 Å². The highest BCUT2D eigenvalue weighted by atomic mass is 32.1. The number of carbonyl (C=O) groups excluding carboxylic acids is 2. The summed E-state index contributed by atoms with van der Waals surface area (Å²) in [7, 11) is 0. The first-order valence-corrected chi connectivity index (χ1v) is 12.7. The molecule has 1 fully saturated rings. The van der Waals surface area contributed by atoms with Gasteiger partial charge in [0.05, 0.1) is 5.39 Å². The van der Waals surface area contributed by atoms with Crippen LogP contribution in [0.15, 0.2) is 6.33 Å². The second kappa shape index (κ2) is 9.44. The van der Waals surface area contributed by atoms with Gasteiger partial charge in [0.25, 0.3) is 0 Å². The Morgan fingerprint density at radius 1 is 1.18 bits per heavy atom. The average molecular weight is 475 g/mol. The fraction of sp³-hybridized carbons (Fsp3) is 0.667. The fourth-order valence-corrected chi connectivity index (χ4v) is 6.30. The van der Waals surface area contributed by atoms with Crippen LogP contribution < -0.4 is 10.5 Å². The van der Waals surface area contributed by atoms with E-state index in [9.17, 15) is 9.59 Å². The largest absolute Gasteiger partial charge is 0.474 e. The van der Waals surface area contributed by atoms with Crippen LogP contribution in [0.25, 0.3) is 10.2 Å². The topological polar surface area (TPSA) is 108 Å². The number of amides is 2. The SMILES string of the molecule is CCN(C(=O)OC(C)(C)C)[C@H]1CC[C@H](Oc2ncnc3sc4c(c23)[C@@H](CC(N)=O)CC4)CC1. The lowest BCUT2D eigenvalue weighted by molar-refractivity contribution is -0.118. The van der Waals surface area contributed by atoms with Crippen LogP contribution in [0.2, 0.25) is 0 Å². The van der Waals surface area contributed by atoms with Gasteiger partial charge in [0.2, 0.25) is 11.8 Å². The number of hydrogen-bond donors (Lipinski definition) is 1. The third-order valence-electron chi connectivity index (χ3n) is 6.47. The van der Waals surface area contributed by atoms with Crippen molar-refractivity contribution in [3.8, 4) is 5.88 Å². The van der Waals surface area contributed by atoms with E-state index in [4.69, 9.17) is 15.2 Å². The number of aryl methyl sites for hydroxylation is 1. The zero-order valence-corrected chi connectivity index (χ0v) is 20.7. The van der Waals surface area contributed by atoms with Crippen molar-refractivity contribution in [1.82, 2.24) is 14.9 Å². The van der Waals surface area contributed by atoms with Crippen LogP contribution in [0.3, 0.4) is 0 Å². The molecule has 0 bridgehead atoms. The molecule has 2 N–H and O–H groups in total. The first kappa shape index (κ1) is 23.7. The van der Waals surface area contributed by atoms with E-state index >= 15 is 0 Å². The molecular weight excluding hydrogens is 440 g/mol. The Hall–Kier alpha value is -2.42. The van der Waals surface area contributed by atoms with Crippen LogP contribution >= 0.6 is 11.3 Å². The summed E-state index contributed by atoms with van der Waals surface area (Å²) in [5.41, 5.74) is 6.15. The second-order valence-electron chi connectivity index (χ2n) is 10.0. The Labute approximate surface area is 198 Å². The van der Waals surface area contributed by atoms with Gasteiger partial charge in [0, 0.05) is 23.9 Å². The lowest BCUT2D eigenvalue weighted by Gasteiger charge is -2.37. The number of thiophene rings is 1. The van der Waals surface area contributed by atoms with E-state index < -0.39 is 5.60 Å². The summed E-state index contributed by atoms with van der Waals surface area (Å²) in [5, 5.41) is 0.951. The molecule has 0 aliphatic heterocycles. The molecule has 2 aromatic rings. The fourth-order valence-electron chi connectivity index (χ4n) is 5.07. The Morgan fingerprint density at radius 2 is 1.91 bits per heavy atom. The Bertz CT molecular complexity index is 1020.